The van der Waals surface area contributed by atoms with Crippen molar-refractivity contribution < 1.29 is 9.84 Å². The average Bonchev–Trinajstić information content (AvgIpc) is 2.59. The smallest absolute Gasteiger partial charge is 0.119 e. The van der Waals surface area contributed by atoms with Gasteiger partial charge in [-0.3, -0.25) is 0 Å². The highest BCUT2D eigenvalue weighted by Crippen LogP contribution is 2.18. The number of aliphatic hydroxyl groups is 1. The summed E-state index contributed by atoms with van der Waals surface area (Å²) in [6.07, 6.45) is 0.375. The molecule has 0 bridgehead atoms. The second kappa shape index (κ2) is 10.6. The monoisotopic (exact) mass is 377 g/mol. The van der Waals surface area contributed by atoms with Crippen LogP contribution in [0.25, 0.3) is 0 Å². The molecule has 0 fully saturated rings. The molecule has 0 spiro atoms. The lowest BCUT2D eigenvalue weighted by Crippen LogP contribution is -2.46. The van der Waals surface area contributed by atoms with Gasteiger partial charge in [0.1, 0.15) is 18.5 Å². The summed E-state index contributed by atoms with van der Waals surface area (Å²) >= 11 is 0. The Morgan fingerprint density at radius 1 is 1.00 bits per heavy atom. The van der Waals surface area contributed by atoms with Gasteiger partial charge in [0.25, 0.3) is 0 Å². The van der Waals surface area contributed by atoms with E-state index in [1.165, 1.54) is 11.1 Å². The first kappa shape index (κ1) is 22.5. The first-order valence-electron chi connectivity index (χ1n) is 9.05. The van der Waals surface area contributed by atoms with Crippen LogP contribution >= 0.6 is 12.4 Å². The van der Waals surface area contributed by atoms with Gasteiger partial charge in [-0.25, -0.2) is 0 Å². The SMILES string of the molecule is CC(C)c1ccc(CC(C)(C)NCC(O)COc2ccccc2)cc1.Cl. The summed E-state index contributed by atoms with van der Waals surface area (Å²) in [5.74, 6) is 1.34. The molecular weight excluding hydrogens is 346 g/mol. The standard InChI is InChI=1S/C22H31NO2.ClH/c1-17(2)19-12-10-18(11-13-19)14-22(3,4)23-15-20(24)16-25-21-8-6-5-7-9-21;/h5-13,17,20,23-24H,14-16H2,1-4H3;1H. The summed E-state index contributed by atoms with van der Waals surface area (Å²) in [6.45, 7) is 9.53. The van der Waals surface area contributed by atoms with Crippen LogP contribution in [0.1, 0.15) is 44.7 Å². The molecule has 0 aliphatic heterocycles. The maximum Gasteiger partial charge on any atom is 0.119 e. The lowest BCUT2D eigenvalue weighted by atomic mass is 9.93. The van der Waals surface area contributed by atoms with E-state index >= 15 is 0 Å². The number of para-hydroxylation sites is 1. The predicted octanol–water partition coefficient (Wildman–Crippen LogP) is 4.58. The highest BCUT2D eigenvalue weighted by Gasteiger charge is 2.19. The van der Waals surface area contributed by atoms with Gasteiger partial charge in [-0.1, -0.05) is 56.3 Å². The molecule has 2 aromatic carbocycles. The van der Waals surface area contributed by atoms with E-state index in [1.54, 1.807) is 0 Å². The van der Waals surface area contributed by atoms with Crippen molar-refractivity contribution >= 4 is 12.4 Å². The second-order valence-electron chi connectivity index (χ2n) is 7.62. The van der Waals surface area contributed by atoms with Gasteiger partial charge in [-0.2, -0.15) is 0 Å². The zero-order valence-electron chi connectivity index (χ0n) is 16.2. The van der Waals surface area contributed by atoms with E-state index in [-0.39, 0.29) is 24.6 Å². The molecule has 0 saturated heterocycles. The number of rotatable bonds is 9. The van der Waals surface area contributed by atoms with Crippen LogP contribution in [0, 0.1) is 0 Å². The van der Waals surface area contributed by atoms with Crippen LogP contribution < -0.4 is 10.1 Å². The van der Waals surface area contributed by atoms with Crippen molar-refractivity contribution in [1.82, 2.24) is 5.32 Å². The number of nitrogens with one attached hydrogen (secondary N) is 1. The van der Waals surface area contributed by atoms with Gasteiger partial charge in [0.15, 0.2) is 0 Å². The van der Waals surface area contributed by atoms with Crippen LogP contribution in [0.2, 0.25) is 0 Å². The normalized spacial score (nSPS) is 12.5. The van der Waals surface area contributed by atoms with Crippen molar-refractivity contribution in [2.24, 2.45) is 0 Å². The van der Waals surface area contributed by atoms with Gasteiger partial charge in [0.2, 0.25) is 0 Å². The Morgan fingerprint density at radius 2 is 1.62 bits per heavy atom. The van der Waals surface area contributed by atoms with Crippen molar-refractivity contribution in [2.45, 2.75) is 51.7 Å². The largest absolute Gasteiger partial charge is 0.491 e. The van der Waals surface area contributed by atoms with Gasteiger partial charge in [-0.15, -0.1) is 12.4 Å². The summed E-state index contributed by atoms with van der Waals surface area (Å²) in [4.78, 5) is 0. The Hall–Kier alpha value is -1.55. The lowest BCUT2D eigenvalue weighted by Gasteiger charge is -2.28. The lowest BCUT2D eigenvalue weighted by molar-refractivity contribution is 0.0988. The molecule has 0 radical (unpaired) electrons. The molecule has 1 atom stereocenters. The number of hydrogen-bond acceptors (Lipinski definition) is 3. The topological polar surface area (TPSA) is 41.5 Å². The highest BCUT2D eigenvalue weighted by atomic mass is 35.5. The fourth-order valence-corrected chi connectivity index (χ4v) is 2.76. The molecule has 2 rings (SSSR count). The number of β-amino-alcohol motifs (C(OH)–C–C–N with tert-alkyl or cyclic N) is 1. The van der Waals surface area contributed by atoms with Crippen LogP contribution in [-0.2, 0) is 6.42 Å². The van der Waals surface area contributed by atoms with E-state index in [2.05, 4.69) is 57.3 Å². The predicted molar refractivity (Wildman–Crippen MR) is 112 cm³/mol. The van der Waals surface area contributed by atoms with Gasteiger partial charge >= 0.3 is 0 Å². The van der Waals surface area contributed by atoms with Crippen molar-refractivity contribution in [3.05, 3.63) is 65.7 Å². The third-order valence-corrected chi connectivity index (χ3v) is 4.29. The van der Waals surface area contributed by atoms with Gasteiger partial charge in [0, 0.05) is 12.1 Å². The fourth-order valence-electron chi connectivity index (χ4n) is 2.76. The molecule has 144 valence electrons. The minimum atomic E-state index is -0.539. The summed E-state index contributed by atoms with van der Waals surface area (Å²) in [7, 11) is 0. The first-order valence-corrected chi connectivity index (χ1v) is 9.05. The zero-order valence-corrected chi connectivity index (χ0v) is 17.1. The molecule has 4 heteroatoms. The highest BCUT2D eigenvalue weighted by molar-refractivity contribution is 5.85. The van der Waals surface area contributed by atoms with Crippen molar-refractivity contribution in [1.29, 1.82) is 0 Å². The van der Waals surface area contributed by atoms with Gasteiger partial charge in [0.05, 0.1) is 0 Å². The Kier molecular flexibility index (Phi) is 9.14. The Balaban J connectivity index is 0.00000338. The molecule has 0 aromatic heterocycles. The molecule has 26 heavy (non-hydrogen) atoms. The summed E-state index contributed by atoms with van der Waals surface area (Å²) < 4.78 is 5.60. The molecule has 3 nitrogen and oxygen atoms in total. The number of hydrogen-bond donors (Lipinski definition) is 2. The van der Waals surface area contributed by atoms with Crippen LogP contribution in [-0.4, -0.2) is 29.9 Å². The Labute approximate surface area is 164 Å². The molecule has 0 heterocycles. The number of benzene rings is 2. The molecule has 0 aliphatic rings. The molecule has 1 unspecified atom stereocenters. The third kappa shape index (κ3) is 7.77. The quantitative estimate of drug-likeness (QED) is 0.671. The summed E-state index contributed by atoms with van der Waals surface area (Å²) in [5, 5.41) is 13.6. The number of halogens is 1. The summed E-state index contributed by atoms with van der Waals surface area (Å²) in [5.41, 5.74) is 2.58. The molecular formula is C22H32ClNO2. The van der Waals surface area contributed by atoms with Crippen molar-refractivity contribution in [2.75, 3.05) is 13.2 Å². The van der Waals surface area contributed by atoms with E-state index in [4.69, 9.17) is 4.74 Å². The molecule has 2 N–H and O–H groups in total. The number of aliphatic hydroxyl groups excluding tert-OH is 1. The van der Waals surface area contributed by atoms with Crippen LogP contribution in [0.5, 0.6) is 5.75 Å². The fraction of sp³-hybridized carbons (Fsp3) is 0.455. The van der Waals surface area contributed by atoms with Crippen molar-refractivity contribution in [3.8, 4) is 5.75 Å². The van der Waals surface area contributed by atoms with E-state index in [0.717, 1.165) is 12.2 Å². The Bertz CT molecular complexity index is 626. The van der Waals surface area contributed by atoms with E-state index in [0.29, 0.717) is 12.5 Å². The van der Waals surface area contributed by atoms with Gasteiger partial charge < -0.3 is 15.2 Å². The zero-order chi connectivity index (χ0) is 18.3. The maximum absolute atomic E-state index is 10.1. The second-order valence-corrected chi connectivity index (χ2v) is 7.62. The third-order valence-electron chi connectivity index (χ3n) is 4.29. The van der Waals surface area contributed by atoms with Gasteiger partial charge in [-0.05, 0) is 49.4 Å². The van der Waals surface area contributed by atoms with E-state index in [1.807, 2.05) is 30.3 Å². The van der Waals surface area contributed by atoms with Crippen LogP contribution in [0.4, 0.5) is 0 Å². The van der Waals surface area contributed by atoms with Crippen LogP contribution in [0.15, 0.2) is 54.6 Å². The minimum Gasteiger partial charge on any atom is -0.491 e. The summed E-state index contributed by atoms with van der Waals surface area (Å²) in [6, 6.07) is 18.4. The molecule has 0 saturated carbocycles. The van der Waals surface area contributed by atoms with Crippen LogP contribution in [0.3, 0.4) is 0 Å². The van der Waals surface area contributed by atoms with E-state index < -0.39 is 6.10 Å². The average molecular weight is 378 g/mol. The van der Waals surface area contributed by atoms with E-state index in [9.17, 15) is 5.11 Å². The Morgan fingerprint density at radius 3 is 2.19 bits per heavy atom. The van der Waals surface area contributed by atoms with Crippen molar-refractivity contribution in [3.63, 3.8) is 0 Å². The number of ether oxygens (including phenoxy) is 1. The molecule has 0 aliphatic carbocycles. The maximum atomic E-state index is 10.1. The molecule has 2 aromatic rings. The molecule has 0 amide bonds. The first-order chi connectivity index (χ1) is 11.9. The minimum absolute atomic E-state index is 0.